The molecule has 4 nitrogen and oxygen atoms in total. The van der Waals surface area contributed by atoms with E-state index >= 15 is 0 Å². The number of aromatic nitrogens is 2. The van der Waals surface area contributed by atoms with E-state index in [0.29, 0.717) is 13.0 Å². The summed E-state index contributed by atoms with van der Waals surface area (Å²) >= 11 is 0. The van der Waals surface area contributed by atoms with Crippen LogP contribution in [0.1, 0.15) is 24.7 Å². The van der Waals surface area contributed by atoms with Gasteiger partial charge >= 0.3 is 0 Å². The number of amides is 1. The van der Waals surface area contributed by atoms with Crippen LogP contribution in [0.25, 0.3) is 0 Å². The van der Waals surface area contributed by atoms with Crippen LogP contribution in [-0.4, -0.2) is 15.7 Å². The summed E-state index contributed by atoms with van der Waals surface area (Å²) in [5, 5.41) is 6.98. The molecular weight excluding hydrogens is 166 g/mol. The fraction of sp³-hybridized carbons (Fsp3) is 0.556. The Morgan fingerprint density at radius 2 is 2.38 bits per heavy atom. The van der Waals surface area contributed by atoms with E-state index in [9.17, 15) is 4.79 Å². The minimum atomic E-state index is 0.0684. The summed E-state index contributed by atoms with van der Waals surface area (Å²) in [5.41, 5.74) is 2.00. The van der Waals surface area contributed by atoms with Gasteiger partial charge in [-0.1, -0.05) is 6.92 Å². The topological polar surface area (TPSA) is 46.9 Å². The summed E-state index contributed by atoms with van der Waals surface area (Å²) in [6, 6.07) is 1.97. The van der Waals surface area contributed by atoms with Gasteiger partial charge < -0.3 is 5.32 Å². The van der Waals surface area contributed by atoms with Gasteiger partial charge in [0.05, 0.1) is 17.9 Å². The Kier molecular flexibility index (Phi) is 3.06. The Labute approximate surface area is 77.9 Å². The highest BCUT2D eigenvalue weighted by Gasteiger charge is 2.02. The number of hydrogen-bond donors (Lipinski definition) is 1. The van der Waals surface area contributed by atoms with E-state index in [1.807, 2.05) is 27.0 Å². The van der Waals surface area contributed by atoms with E-state index in [-0.39, 0.29) is 5.91 Å². The maximum atomic E-state index is 11.0. The molecule has 0 aliphatic carbocycles. The molecular formula is C9H15N3O. The van der Waals surface area contributed by atoms with Crippen LogP contribution < -0.4 is 5.32 Å². The number of aryl methyl sites for hydroxylation is 2. The molecule has 13 heavy (non-hydrogen) atoms. The van der Waals surface area contributed by atoms with E-state index in [4.69, 9.17) is 0 Å². The molecule has 0 saturated heterocycles. The van der Waals surface area contributed by atoms with Crippen molar-refractivity contribution < 1.29 is 4.79 Å². The number of carbonyl (C=O) groups excluding carboxylic acids is 1. The third kappa shape index (κ3) is 2.57. The van der Waals surface area contributed by atoms with Crippen molar-refractivity contribution in [1.82, 2.24) is 15.1 Å². The second-order valence-corrected chi connectivity index (χ2v) is 3.03. The zero-order chi connectivity index (χ0) is 9.84. The minimum Gasteiger partial charge on any atom is -0.350 e. The lowest BCUT2D eigenvalue weighted by Gasteiger charge is -2.02. The first-order valence-corrected chi connectivity index (χ1v) is 4.39. The lowest BCUT2D eigenvalue weighted by molar-refractivity contribution is -0.120. The number of nitrogens with one attached hydrogen (secondary N) is 1. The zero-order valence-corrected chi connectivity index (χ0v) is 8.29. The van der Waals surface area contributed by atoms with Crippen molar-refractivity contribution in [3.8, 4) is 0 Å². The van der Waals surface area contributed by atoms with Gasteiger partial charge in [0.2, 0.25) is 5.91 Å². The average Bonchev–Trinajstić information content (AvgIpc) is 2.41. The third-order valence-corrected chi connectivity index (χ3v) is 1.89. The van der Waals surface area contributed by atoms with Crippen molar-refractivity contribution in [3.05, 3.63) is 17.5 Å². The molecule has 0 aromatic carbocycles. The third-order valence-electron chi connectivity index (χ3n) is 1.89. The fourth-order valence-electron chi connectivity index (χ4n) is 1.14. The first kappa shape index (κ1) is 9.77. The van der Waals surface area contributed by atoms with Gasteiger partial charge in [-0.15, -0.1) is 0 Å². The predicted molar refractivity (Wildman–Crippen MR) is 50.1 cm³/mol. The molecule has 4 heteroatoms. The predicted octanol–water partition coefficient (Wildman–Crippen LogP) is 0.755. The molecule has 1 N–H and O–H groups in total. The molecule has 1 aromatic heterocycles. The first-order valence-electron chi connectivity index (χ1n) is 4.39. The molecule has 0 bridgehead atoms. The summed E-state index contributed by atoms with van der Waals surface area (Å²) in [7, 11) is 1.88. The molecule has 0 aliphatic rings. The Bertz CT molecular complexity index is 304. The summed E-state index contributed by atoms with van der Waals surface area (Å²) in [6.45, 7) is 4.33. The van der Waals surface area contributed by atoms with Gasteiger partial charge in [-0.05, 0) is 13.0 Å². The van der Waals surface area contributed by atoms with Crippen LogP contribution in [0.5, 0.6) is 0 Å². The van der Waals surface area contributed by atoms with Gasteiger partial charge in [-0.3, -0.25) is 9.48 Å². The highest BCUT2D eigenvalue weighted by Crippen LogP contribution is 2.00. The number of hydrogen-bond acceptors (Lipinski definition) is 2. The summed E-state index contributed by atoms with van der Waals surface area (Å²) in [5.74, 6) is 0.0684. The van der Waals surface area contributed by atoms with Gasteiger partial charge in [0.1, 0.15) is 0 Å². The van der Waals surface area contributed by atoms with Crippen LogP contribution in [0.15, 0.2) is 6.07 Å². The Hall–Kier alpha value is -1.32. The van der Waals surface area contributed by atoms with Crippen molar-refractivity contribution in [1.29, 1.82) is 0 Å². The Balaban J connectivity index is 2.54. The smallest absolute Gasteiger partial charge is 0.220 e. The van der Waals surface area contributed by atoms with Crippen molar-refractivity contribution >= 4 is 5.91 Å². The Morgan fingerprint density at radius 1 is 1.69 bits per heavy atom. The largest absolute Gasteiger partial charge is 0.350 e. The molecule has 0 unspecified atom stereocenters. The number of nitrogens with zero attached hydrogens (tertiary/aromatic N) is 2. The molecule has 0 fully saturated rings. The SMILES string of the molecule is CCC(=O)NCc1cc(C)nn1C. The molecule has 0 atom stereocenters. The van der Waals surface area contributed by atoms with Crippen molar-refractivity contribution in [2.45, 2.75) is 26.8 Å². The van der Waals surface area contributed by atoms with Gasteiger partial charge in [0, 0.05) is 13.5 Å². The minimum absolute atomic E-state index is 0.0684. The number of rotatable bonds is 3. The zero-order valence-electron chi connectivity index (χ0n) is 8.29. The van der Waals surface area contributed by atoms with Gasteiger partial charge in [-0.2, -0.15) is 5.10 Å². The Morgan fingerprint density at radius 3 is 2.85 bits per heavy atom. The van der Waals surface area contributed by atoms with Crippen LogP contribution >= 0.6 is 0 Å². The quantitative estimate of drug-likeness (QED) is 0.748. The molecule has 1 aromatic rings. The lowest BCUT2D eigenvalue weighted by atomic mass is 10.3. The standard InChI is InChI=1S/C9H15N3O/c1-4-9(13)10-6-8-5-7(2)11-12(8)3/h5H,4,6H2,1-3H3,(H,10,13). The average molecular weight is 181 g/mol. The molecule has 0 aliphatic heterocycles. The van der Waals surface area contributed by atoms with Gasteiger partial charge in [0.15, 0.2) is 0 Å². The van der Waals surface area contributed by atoms with E-state index in [1.165, 1.54) is 0 Å². The molecule has 1 rings (SSSR count). The van der Waals surface area contributed by atoms with Gasteiger partial charge in [0.25, 0.3) is 0 Å². The molecule has 0 radical (unpaired) electrons. The van der Waals surface area contributed by atoms with Gasteiger partial charge in [-0.25, -0.2) is 0 Å². The van der Waals surface area contributed by atoms with Crippen molar-refractivity contribution in [2.24, 2.45) is 7.05 Å². The van der Waals surface area contributed by atoms with Crippen molar-refractivity contribution in [2.75, 3.05) is 0 Å². The van der Waals surface area contributed by atoms with Crippen LogP contribution in [0.2, 0.25) is 0 Å². The van der Waals surface area contributed by atoms with E-state index in [2.05, 4.69) is 10.4 Å². The highest BCUT2D eigenvalue weighted by molar-refractivity contribution is 5.75. The van der Waals surface area contributed by atoms with Crippen LogP contribution in [-0.2, 0) is 18.4 Å². The highest BCUT2D eigenvalue weighted by atomic mass is 16.1. The first-order chi connectivity index (χ1) is 6.13. The van der Waals surface area contributed by atoms with E-state index < -0.39 is 0 Å². The van der Waals surface area contributed by atoms with Crippen molar-refractivity contribution in [3.63, 3.8) is 0 Å². The van der Waals surface area contributed by atoms with Crippen LogP contribution in [0.4, 0.5) is 0 Å². The molecule has 0 spiro atoms. The monoisotopic (exact) mass is 181 g/mol. The summed E-state index contributed by atoms with van der Waals surface area (Å²) in [6.07, 6.45) is 0.525. The van der Waals surface area contributed by atoms with Crippen LogP contribution in [0.3, 0.4) is 0 Å². The van der Waals surface area contributed by atoms with E-state index in [1.54, 1.807) is 4.68 Å². The molecule has 0 saturated carbocycles. The molecule has 72 valence electrons. The van der Waals surface area contributed by atoms with E-state index in [0.717, 1.165) is 11.4 Å². The lowest BCUT2D eigenvalue weighted by Crippen LogP contribution is -2.22. The molecule has 1 amide bonds. The normalized spacial score (nSPS) is 10.1. The maximum absolute atomic E-state index is 11.0. The number of carbonyl (C=O) groups is 1. The van der Waals surface area contributed by atoms with Crippen LogP contribution in [0, 0.1) is 6.92 Å². The second-order valence-electron chi connectivity index (χ2n) is 3.03. The second kappa shape index (κ2) is 4.07. The fourth-order valence-corrected chi connectivity index (χ4v) is 1.14. The maximum Gasteiger partial charge on any atom is 0.220 e. The summed E-state index contributed by atoms with van der Waals surface area (Å²) in [4.78, 5) is 11.0. The molecule has 1 heterocycles. The summed E-state index contributed by atoms with van der Waals surface area (Å²) < 4.78 is 1.78.